The molecule has 3 N–H and O–H groups in total. The van der Waals surface area contributed by atoms with Crippen LogP contribution < -0.4 is 10.6 Å². The Morgan fingerprint density at radius 1 is 1.54 bits per heavy atom. The molecule has 1 aromatic carbocycles. The molecule has 1 aromatic rings. The number of terminal acetylenes is 1. The van der Waals surface area contributed by atoms with Gasteiger partial charge < -0.3 is 15.7 Å². The Hall–Kier alpha value is -2.71. The van der Waals surface area contributed by atoms with E-state index >= 15 is 0 Å². The number of carboxylic acid groups (broad SMARTS) is 1. The van der Waals surface area contributed by atoms with Crippen molar-refractivity contribution in [2.75, 3.05) is 13.6 Å². The highest BCUT2D eigenvalue weighted by molar-refractivity contribution is 6.30. The van der Waals surface area contributed by atoms with Crippen molar-refractivity contribution in [3.8, 4) is 12.3 Å². The highest BCUT2D eigenvalue weighted by Crippen LogP contribution is 2.27. The van der Waals surface area contributed by atoms with E-state index in [4.69, 9.17) is 23.1 Å². The number of allylic oxidation sites excluding steroid dienone is 2. The third-order valence-corrected chi connectivity index (χ3v) is 3.49. The number of rotatable bonds is 8. The van der Waals surface area contributed by atoms with Crippen LogP contribution in [0.4, 0.5) is 0 Å². The SMILES string of the molecule is C#C/C(C(=C)NCC(=O)O)=C(/C)c1ccc(Cl)cc1CNC=NC. The van der Waals surface area contributed by atoms with Gasteiger partial charge in [0.15, 0.2) is 0 Å². The zero-order chi connectivity index (χ0) is 18.1. The second-order valence-corrected chi connectivity index (χ2v) is 5.38. The lowest BCUT2D eigenvalue weighted by atomic mass is 9.95. The van der Waals surface area contributed by atoms with Crippen LogP contribution in [0, 0.1) is 12.3 Å². The fourth-order valence-electron chi connectivity index (χ4n) is 2.15. The van der Waals surface area contributed by atoms with Gasteiger partial charge in [0.1, 0.15) is 6.54 Å². The van der Waals surface area contributed by atoms with Gasteiger partial charge >= 0.3 is 5.97 Å². The summed E-state index contributed by atoms with van der Waals surface area (Å²) in [5.74, 6) is 1.59. The first-order chi connectivity index (χ1) is 11.4. The van der Waals surface area contributed by atoms with E-state index in [9.17, 15) is 4.79 Å². The number of carboxylic acids is 1. The molecule has 0 atom stereocenters. The van der Waals surface area contributed by atoms with E-state index < -0.39 is 5.97 Å². The molecule has 24 heavy (non-hydrogen) atoms. The molecule has 126 valence electrons. The van der Waals surface area contributed by atoms with Gasteiger partial charge in [0, 0.05) is 24.3 Å². The van der Waals surface area contributed by atoms with E-state index in [1.165, 1.54) is 0 Å². The van der Waals surface area contributed by atoms with Crippen LogP contribution in [0.25, 0.3) is 5.57 Å². The topological polar surface area (TPSA) is 73.7 Å². The molecule has 0 saturated carbocycles. The number of aliphatic imine (C=N–C) groups is 1. The van der Waals surface area contributed by atoms with Crippen LogP contribution in [0.15, 0.2) is 41.0 Å². The first-order valence-corrected chi connectivity index (χ1v) is 7.53. The quantitative estimate of drug-likeness (QED) is 0.293. The fraction of sp³-hybridized carbons (Fsp3) is 0.222. The summed E-state index contributed by atoms with van der Waals surface area (Å²) < 4.78 is 0. The van der Waals surface area contributed by atoms with Crippen molar-refractivity contribution in [1.82, 2.24) is 10.6 Å². The molecule has 0 aliphatic heterocycles. The van der Waals surface area contributed by atoms with Crippen molar-refractivity contribution in [3.63, 3.8) is 0 Å². The largest absolute Gasteiger partial charge is 0.480 e. The van der Waals surface area contributed by atoms with E-state index in [1.807, 2.05) is 19.1 Å². The van der Waals surface area contributed by atoms with Crippen LogP contribution in [0.5, 0.6) is 0 Å². The maximum absolute atomic E-state index is 10.7. The summed E-state index contributed by atoms with van der Waals surface area (Å²) in [4.78, 5) is 14.6. The average Bonchev–Trinajstić information content (AvgIpc) is 2.54. The van der Waals surface area contributed by atoms with Crippen LogP contribution in [-0.4, -0.2) is 31.0 Å². The number of hydrogen-bond acceptors (Lipinski definition) is 3. The minimum atomic E-state index is -0.986. The Morgan fingerprint density at radius 2 is 2.25 bits per heavy atom. The van der Waals surface area contributed by atoms with Crippen LogP contribution in [0.2, 0.25) is 5.02 Å². The lowest BCUT2D eigenvalue weighted by Gasteiger charge is -2.15. The number of benzene rings is 1. The Balaban J connectivity index is 3.22. The molecule has 0 aromatic heterocycles. The molecule has 0 fully saturated rings. The van der Waals surface area contributed by atoms with Crippen LogP contribution >= 0.6 is 11.6 Å². The van der Waals surface area contributed by atoms with Gasteiger partial charge in [-0.1, -0.05) is 30.2 Å². The lowest BCUT2D eigenvalue weighted by Crippen LogP contribution is -2.22. The van der Waals surface area contributed by atoms with Gasteiger partial charge in [0.05, 0.1) is 11.9 Å². The molecular weight excluding hydrogens is 326 g/mol. The summed E-state index contributed by atoms with van der Waals surface area (Å²) in [6, 6.07) is 5.50. The number of hydrogen-bond donors (Lipinski definition) is 3. The summed E-state index contributed by atoms with van der Waals surface area (Å²) in [5, 5.41) is 15.1. The van der Waals surface area contributed by atoms with Gasteiger partial charge in [-0.05, 0) is 35.8 Å². The zero-order valence-electron chi connectivity index (χ0n) is 13.7. The van der Waals surface area contributed by atoms with Crippen molar-refractivity contribution in [1.29, 1.82) is 0 Å². The van der Waals surface area contributed by atoms with E-state index in [2.05, 4.69) is 28.1 Å². The van der Waals surface area contributed by atoms with Crippen molar-refractivity contribution in [2.24, 2.45) is 4.99 Å². The standard InChI is InChI=1S/C18H20ClN3O2/c1-5-16(13(3)22-10-18(23)24)12(2)17-7-6-15(19)8-14(17)9-21-11-20-4/h1,6-8,11,22H,3,9-10H2,2,4H3,(H,20,21)(H,23,24)/b16-12+. The number of halogens is 1. The van der Waals surface area contributed by atoms with Gasteiger partial charge in [-0.25, -0.2) is 0 Å². The summed E-state index contributed by atoms with van der Waals surface area (Å²) in [7, 11) is 1.67. The van der Waals surface area contributed by atoms with Gasteiger partial charge in [-0.15, -0.1) is 6.42 Å². The Labute approximate surface area is 147 Å². The van der Waals surface area contributed by atoms with Crippen LogP contribution in [0.1, 0.15) is 18.1 Å². The number of nitrogens with zero attached hydrogens (tertiary/aromatic N) is 1. The molecule has 1 rings (SSSR count). The third kappa shape index (κ3) is 5.49. The molecule has 0 bridgehead atoms. The van der Waals surface area contributed by atoms with Crippen molar-refractivity contribution < 1.29 is 9.90 Å². The van der Waals surface area contributed by atoms with Crippen molar-refractivity contribution in [3.05, 3.63) is 52.2 Å². The monoisotopic (exact) mass is 345 g/mol. The van der Waals surface area contributed by atoms with E-state index in [1.54, 1.807) is 19.5 Å². The summed E-state index contributed by atoms with van der Waals surface area (Å²) in [5.41, 5.74) is 3.56. The van der Waals surface area contributed by atoms with Crippen molar-refractivity contribution in [2.45, 2.75) is 13.5 Å². The van der Waals surface area contributed by atoms with Gasteiger partial charge in [-0.3, -0.25) is 9.79 Å². The van der Waals surface area contributed by atoms with Gasteiger partial charge in [0.25, 0.3) is 0 Å². The maximum atomic E-state index is 10.7. The highest BCUT2D eigenvalue weighted by Gasteiger charge is 2.12. The second kappa shape index (κ2) is 9.43. The number of nitrogens with one attached hydrogen (secondary N) is 2. The molecule has 0 radical (unpaired) electrons. The average molecular weight is 346 g/mol. The molecule has 0 spiro atoms. The normalized spacial score (nSPS) is 11.6. The maximum Gasteiger partial charge on any atom is 0.322 e. The Kier molecular flexibility index (Phi) is 7.60. The minimum absolute atomic E-state index is 0.251. The molecule has 0 unspecified atom stereocenters. The van der Waals surface area contributed by atoms with E-state index in [-0.39, 0.29) is 6.54 Å². The second-order valence-electron chi connectivity index (χ2n) is 4.94. The molecule has 5 nitrogen and oxygen atoms in total. The molecule has 0 aliphatic rings. The lowest BCUT2D eigenvalue weighted by molar-refractivity contribution is -0.135. The smallest absolute Gasteiger partial charge is 0.322 e. The predicted octanol–water partition coefficient (Wildman–Crippen LogP) is 2.68. The summed E-state index contributed by atoms with van der Waals surface area (Å²) in [6.07, 6.45) is 7.20. The Morgan fingerprint density at radius 3 is 2.83 bits per heavy atom. The van der Waals surface area contributed by atoms with Crippen LogP contribution in [0.3, 0.4) is 0 Å². The van der Waals surface area contributed by atoms with Crippen molar-refractivity contribution >= 4 is 29.5 Å². The number of carbonyl (C=O) groups is 1. The molecule has 0 saturated heterocycles. The fourth-order valence-corrected chi connectivity index (χ4v) is 2.34. The van der Waals surface area contributed by atoms with E-state index in [0.717, 1.165) is 16.7 Å². The highest BCUT2D eigenvalue weighted by atomic mass is 35.5. The predicted molar refractivity (Wildman–Crippen MR) is 98.9 cm³/mol. The third-order valence-electron chi connectivity index (χ3n) is 3.26. The van der Waals surface area contributed by atoms with Gasteiger partial charge in [-0.2, -0.15) is 0 Å². The summed E-state index contributed by atoms with van der Waals surface area (Å²) in [6.45, 7) is 5.97. The zero-order valence-corrected chi connectivity index (χ0v) is 14.4. The summed E-state index contributed by atoms with van der Waals surface area (Å²) >= 11 is 6.08. The Bertz CT molecular complexity index is 730. The minimum Gasteiger partial charge on any atom is -0.480 e. The molecule has 0 amide bonds. The molecule has 6 heteroatoms. The van der Waals surface area contributed by atoms with Gasteiger partial charge in [0.2, 0.25) is 0 Å². The van der Waals surface area contributed by atoms with Crippen LogP contribution in [-0.2, 0) is 11.3 Å². The first-order valence-electron chi connectivity index (χ1n) is 7.16. The van der Waals surface area contributed by atoms with E-state index in [0.29, 0.717) is 22.8 Å². The first kappa shape index (κ1) is 19.3. The number of aliphatic carboxylic acids is 1. The molecule has 0 aliphatic carbocycles. The molecule has 0 heterocycles. The molecular formula is C18H20ClN3O2.